The van der Waals surface area contributed by atoms with Gasteiger partial charge in [0, 0.05) is 5.69 Å². The normalized spacial score (nSPS) is 11.7. The molecular formula is C13H21N. The van der Waals surface area contributed by atoms with Crippen molar-refractivity contribution in [1.82, 2.24) is 0 Å². The van der Waals surface area contributed by atoms with E-state index in [0.29, 0.717) is 0 Å². The second-order valence-electron chi connectivity index (χ2n) is 4.91. The number of nitrogen functional groups attached to an aromatic ring is 1. The average Bonchev–Trinajstić information content (AvgIpc) is 2.07. The lowest BCUT2D eigenvalue weighted by Crippen LogP contribution is -2.11. The standard InChI is InChI=1S/C13H21N/c1-5-6-10-7-8-11(9-12(10)14)13(2,3)4/h7-9H,5-6,14H2,1-4H3. The van der Waals surface area contributed by atoms with Crippen LogP contribution in [0.3, 0.4) is 0 Å². The number of aryl methyl sites for hydroxylation is 1. The first-order valence-corrected chi connectivity index (χ1v) is 5.34. The van der Waals surface area contributed by atoms with Crippen molar-refractivity contribution in [1.29, 1.82) is 0 Å². The third-order valence-electron chi connectivity index (χ3n) is 2.53. The third-order valence-corrected chi connectivity index (χ3v) is 2.53. The largest absolute Gasteiger partial charge is 0.398 e. The van der Waals surface area contributed by atoms with Crippen LogP contribution < -0.4 is 5.73 Å². The molecule has 0 aliphatic rings. The Hall–Kier alpha value is -0.980. The Morgan fingerprint density at radius 2 is 1.86 bits per heavy atom. The van der Waals surface area contributed by atoms with Gasteiger partial charge in [-0.3, -0.25) is 0 Å². The zero-order valence-electron chi connectivity index (χ0n) is 9.72. The van der Waals surface area contributed by atoms with Crippen LogP contribution in [0.5, 0.6) is 0 Å². The van der Waals surface area contributed by atoms with Crippen molar-refractivity contribution in [2.24, 2.45) is 0 Å². The van der Waals surface area contributed by atoms with Gasteiger partial charge in [-0.1, -0.05) is 46.2 Å². The molecule has 14 heavy (non-hydrogen) atoms. The van der Waals surface area contributed by atoms with Gasteiger partial charge in [-0.25, -0.2) is 0 Å². The summed E-state index contributed by atoms with van der Waals surface area (Å²) in [4.78, 5) is 0. The Morgan fingerprint density at radius 1 is 1.21 bits per heavy atom. The van der Waals surface area contributed by atoms with Crippen LogP contribution in [-0.2, 0) is 11.8 Å². The summed E-state index contributed by atoms with van der Waals surface area (Å²) in [7, 11) is 0. The smallest absolute Gasteiger partial charge is 0.0349 e. The zero-order chi connectivity index (χ0) is 10.8. The number of hydrogen-bond acceptors (Lipinski definition) is 1. The molecule has 0 aliphatic heterocycles. The van der Waals surface area contributed by atoms with Crippen LogP contribution in [0.15, 0.2) is 18.2 Å². The van der Waals surface area contributed by atoms with Crippen LogP contribution in [0.2, 0.25) is 0 Å². The van der Waals surface area contributed by atoms with Gasteiger partial charge in [-0.05, 0) is 29.0 Å². The van der Waals surface area contributed by atoms with Crippen LogP contribution in [0.25, 0.3) is 0 Å². The molecule has 0 bridgehead atoms. The van der Waals surface area contributed by atoms with E-state index in [4.69, 9.17) is 5.73 Å². The van der Waals surface area contributed by atoms with Gasteiger partial charge >= 0.3 is 0 Å². The quantitative estimate of drug-likeness (QED) is 0.711. The Balaban J connectivity index is 3.01. The summed E-state index contributed by atoms with van der Waals surface area (Å²) in [6, 6.07) is 6.48. The topological polar surface area (TPSA) is 26.0 Å². The van der Waals surface area contributed by atoms with E-state index in [1.807, 2.05) is 0 Å². The van der Waals surface area contributed by atoms with Crippen LogP contribution in [0, 0.1) is 0 Å². The van der Waals surface area contributed by atoms with E-state index in [1.54, 1.807) is 0 Å². The fourth-order valence-electron chi connectivity index (χ4n) is 1.56. The molecule has 0 heterocycles. The fraction of sp³-hybridized carbons (Fsp3) is 0.538. The molecule has 0 aliphatic carbocycles. The fourth-order valence-corrected chi connectivity index (χ4v) is 1.56. The molecule has 1 aromatic rings. The molecule has 1 heteroatoms. The summed E-state index contributed by atoms with van der Waals surface area (Å²) >= 11 is 0. The summed E-state index contributed by atoms with van der Waals surface area (Å²) in [5.74, 6) is 0. The number of benzene rings is 1. The number of anilines is 1. The van der Waals surface area contributed by atoms with Gasteiger partial charge in [0.05, 0.1) is 0 Å². The predicted octanol–water partition coefficient (Wildman–Crippen LogP) is 3.52. The van der Waals surface area contributed by atoms with Crippen molar-refractivity contribution >= 4 is 5.69 Å². The maximum atomic E-state index is 6.00. The van der Waals surface area contributed by atoms with E-state index < -0.39 is 0 Å². The second-order valence-corrected chi connectivity index (χ2v) is 4.91. The van der Waals surface area contributed by atoms with Gasteiger partial charge in [-0.2, -0.15) is 0 Å². The van der Waals surface area contributed by atoms with Crippen LogP contribution in [0.4, 0.5) is 5.69 Å². The molecule has 0 radical (unpaired) electrons. The molecular weight excluding hydrogens is 170 g/mol. The summed E-state index contributed by atoms with van der Waals surface area (Å²) in [6.45, 7) is 8.81. The van der Waals surface area contributed by atoms with E-state index in [-0.39, 0.29) is 5.41 Å². The highest BCUT2D eigenvalue weighted by Crippen LogP contribution is 2.26. The Morgan fingerprint density at radius 3 is 2.29 bits per heavy atom. The van der Waals surface area contributed by atoms with Gasteiger partial charge in [0.2, 0.25) is 0 Å². The Bertz CT molecular complexity index is 308. The molecule has 1 aromatic carbocycles. The molecule has 0 aromatic heterocycles. The molecule has 1 rings (SSSR count). The average molecular weight is 191 g/mol. The Kier molecular flexibility index (Phi) is 3.20. The molecule has 0 fully saturated rings. The molecule has 2 N–H and O–H groups in total. The zero-order valence-corrected chi connectivity index (χ0v) is 9.72. The molecule has 0 spiro atoms. The molecule has 0 amide bonds. The van der Waals surface area contributed by atoms with Gasteiger partial charge in [0.25, 0.3) is 0 Å². The first kappa shape index (κ1) is 11.1. The SMILES string of the molecule is CCCc1ccc(C(C)(C)C)cc1N. The Labute approximate surface area is 87.3 Å². The molecule has 78 valence electrons. The lowest BCUT2D eigenvalue weighted by Gasteiger charge is -2.20. The summed E-state index contributed by atoms with van der Waals surface area (Å²) < 4.78 is 0. The minimum atomic E-state index is 0.193. The minimum absolute atomic E-state index is 0.193. The van der Waals surface area contributed by atoms with E-state index in [9.17, 15) is 0 Å². The van der Waals surface area contributed by atoms with Crippen molar-refractivity contribution in [3.05, 3.63) is 29.3 Å². The van der Waals surface area contributed by atoms with Crippen LogP contribution in [-0.4, -0.2) is 0 Å². The predicted molar refractivity (Wildman–Crippen MR) is 63.5 cm³/mol. The van der Waals surface area contributed by atoms with Gasteiger partial charge in [0.1, 0.15) is 0 Å². The maximum absolute atomic E-state index is 6.00. The highest BCUT2D eigenvalue weighted by molar-refractivity contribution is 5.50. The van der Waals surface area contributed by atoms with Crippen molar-refractivity contribution in [2.45, 2.75) is 46.0 Å². The van der Waals surface area contributed by atoms with Crippen molar-refractivity contribution in [3.63, 3.8) is 0 Å². The monoisotopic (exact) mass is 191 g/mol. The van der Waals surface area contributed by atoms with E-state index in [0.717, 1.165) is 18.5 Å². The maximum Gasteiger partial charge on any atom is 0.0349 e. The van der Waals surface area contributed by atoms with Crippen LogP contribution >= 0.6 is 0 Å². The lowest BCUT2D eigenvalue weighted by molar-refractivity contribution is 0.590. The molecule has 1 nitrogen and oxygen atoms in total. The molecule has 0 saturated carbocycles. The second kappa shape index (κ2) is 4.04. The van der Waals surface area contributed by atoms with Crippen LogP contribution in [0.1, 0.15) is 45.2 Å². The van der Waals surface area contributed by atoms with Crippen molar-refractivity contribution in [2.75, 3.05) is 5.73 Å². The first-order valence-electron chi connectivity index (χ1n) is 5.34. The summed E-state index contributed by atoms with van der Waals surface area (Å²) in [5.41, 5.74) is 9.73. The number of rotatable bonds is 2. The minimum Gasteiger partial charge on any atom is -0.398 e. The molecule has 0 unspecified atom stereocenters. The molecule has 0 atom stereocenters. The first-order chi connectivity index (χ1) is 6.45. The summed E-state index contributed by atoms with van der Waals surface area (Å²) in [5, 5.41) is 0. The number of hydrogen-bond donors (Lipinski definition) is 1. The number of nitrogens with two attached hydrogens (primary N) is 1. The van der Waals surface area contributed by atoms with E-state index >= 15 is 0 Å². The highest BCUT2D eigenvalue weighted by Gasteiger charge is 2.14. The van der Waals surface area contributed by atoms with E-state index in [2.05, 4.69) is 45.9 Å². The van der Waals surface area contributed by atoms with Crippen molar-refractivity contribution in [3.8, 4) is 0 Å². The summed E-state index contributed by atoms with van der Waals surface area (Å²) in [6.07, 6.45) is 2.23. The van der Waals surface area contributed by atoms with Gasteiger partial charge in [-0.15, -0.1) is 0 Å². The third kappa shape index (κ3) is 2.50. The van der Waals surface area contributed by atoms with Gasteiger partial charge < -0.3 is 5.73 Å². The van der Waals surface area contributed by atoms with Gasteiger partial charge in [0.15, 0.2) is 0 Å². The van der Waals surface area contributed by atoms with Crippen molar-refractivity contribution < 1.29 is 0 Å². The lowest BCUT2D eigenvalue weighted by atomic mass is 9.86. The molecule has 0 saturated heterocycles. The van der Waals surface area contributed by atoms with E-state index in [1.165, 1.54) is 11.1 Å². The highest BCUT2D eigenvalue weighted by atomic mass is 14.6.